The molecule has 1 saturated carbocycles. The zero-order chi connectivity index (χ0) is 17.1. The average Bonchev–Trinajstić information content (AvgIpc) is 2.47. The summed E-state index contributed by atoms with van der Waals surface area (Å²) in [5.41, 5.74) is -1.08. The third kappa shape index (κ3) is 7.85. The number of carboxylic acids is 2. The third-order valence-corrected chi connectivity index (χ3v) is 5.28. The van der Waals surface area contributed by atoms with Crippen molar-refractivity contribution in [2.24, 2.45) is 11.3 Å². The highest BCUT2D eigenvalue weighted by molar-refractivity contribution is 5.81. The molecule has 0 radical (unpaired) electrons. The molecule has 0 amide bonds. The van der Waals surface area contributed by atoms with Gasteiger partial charge in [-0.3, -0.25) is 9.59 Å². The highest BCUT2D eigenvalue weighted by Crippen LogP contribution is 2.38. The normalized spacial score (nSPS) is 29.2. The van der Waals surface area contributed by atoms with E-state index in [0.717, 1.165) is 32.1 Å². The second-order valence-electron chi connectivity index (χ2n) is 7.54. The molecule has 1 aliphatic carbocycles. The summed E-state index contributed by atoms with van der Waals surface area (Å²) < 4.78 is 0. The van der Waals surface area contributed by atoms with Crippen LogP contribution in [0.3, 0.4) is 0 Å². The van der Waals surface area contributed by atoms with Gasteiger partial charge in [0.05, 0.1) is 11.8 Å². The second-order valence-corrected chi connectivity index (χ2v) is 7.54. The van der Waals surface area contributed by atoms with Gasteiger partial charge in [0.2, 0.25) is 0 Å². The lowest BCUT2D eigenvalue weighted by Crippen LogP contribution is -2.35. The lowest BCUT2D eigenvalue weighted by molar-refractivity contribution is -0.157. The Morgan fingerprint density at radius 3 is 1.83 bits per heavy atom. The monoisotopic (exact) mass is 326 g/mol. The molecule has 2 unspecified atom stereocenters. The third-order valence-electron chi connectivity index (χ3n) is 5.28. The zero-order valence-electron chi connectivity index (χ0n) is 14.7. The van der Waals surface area contributed by atoms with Gasteiger partial charge in [-0.15, -0.1) is 0 Å². The average molecular weight is 326 g/mol. The molecule has 4 nitrogen and oxygen atoms in total. The number of rotatable bonds is 3. The summed E-state index contributed by atoms with van der Waals surface area (Å²) in [7, 11) is 0. The van der Waals surface area contributed by atoms with Crippen molar-refractivity contribution in [1.29, 1.82) is 0 Å². The summed E-state index contributed by atoms with van der Waals surface area (Å²) in [6.07, 6.45) is 13.5. The fourth-order valence-corrected chi connectivity index (χ4v) is 3.96. The Morgan fingerprint density at radius 1 is 0.870 bits per heavy atom. The zero-order valence-corrected chi connectivity index (χ0v) is 14.7. The van der Waals surface area contributed by atoms with Crippen LogP contribution in [0.5, 0.6) is 0 Å². The summed E-state index contributed by atoms with van der Waals surface area (Å²) in [4.78, 5) is 23.1. The molecule has 0 aromatic heterocycles. The van der Waals surface area contributed by atoms with Crippen LogP contribution >= 0.6 is 0 Å². The van der Waals surface area contributed by atoms with E-state index in [4.69, 9.17) is 0 Å². The summed E-state index contributed by atoms with van der Waals surface area (Å²) in [5.74, 6) is -1.64. The molecular weight excluding hydrogens is 292 g/mol. The first-order chi connectivity index (χ1) is 11.0. The van der Waals surface area contributed by atoms with Crippen molar-refractivity contribution >= 4 is 11.9 Å². The fourth-order valence-electron chi connectivity index (χ4n) is 3.96. The molecule has 134 valence electrons. The van der Waals surface area contributed by atoms with Gasteiger partial charge in [-0.1, -0.05) is 77.6 Å². The molecule has 0 aliphatic heterocycles. The van der Waals surface area contributed by atoms with Gasteiger partial charge in [0.25, 0.3) is 0 Å². The molecule has 2 N–H and O–H groups in total. The minimum atomic E-state index is -1.08. The predicted octanol–water partition coefficient (Wildman–Crippen LogP) is 5.25. The second kappa shape index (κ2) is 10.7. The van der Waals surface area contributed by atoms with E-state index >= 15 is 0 Å². The molecule has 4 heteroatoms. The van der Waals surface area contributed by atoms with Crippen molar-refractivity contribution in [3.05, 3.63) is 0 Å². The van der Waals surface area contributed by atoms with Gasteiger partial charge in [-0.25, -0.2) is 0 Å². The van der Waals surface area contributed by atoms with Crippen LogP contribution in [0.2, 0.25) is 0 Å². The predicted molar refractivity (Wildman–Crippen MR) is 91.5 cm³/mol. The van der Waals surface area contributed by atoms with E-state index in [9.17, 15) is 19.8 Å². The number of carbonyl (C=O) groups is 2. The Labute approximate surface area is 140 Å². The van der Waals surface area contributed by atoms with E-state index in [0.29, 0.717) is 12.8 Å². The maximum absolute atomic E-state index is 11.9. The lowest BCUT2D eigenvalue weighted by atomic mass is 9.72. The summed E-state index contributed by atoms with van der Waals surface area (Å²) in [5, 5.41) is 19.0. The largest absolute Gasteiger partial charge is 0.481 e. The molecule has 0 saturated heterocycles. The van der Waals surface area contributed by atoms with E-state index < -0.39 is 17.4 Å². The molecule has 1 aliphatic rings. The van der Waals surface area contributed by atoms with Gasteiger partial charge in [0, 0.05) is 0 Å². The van der Waals surface area contributed by atoms with Crippen molar-refractivity contribution in [3.63, 3.8) is 0 Å². The van der Waals surface area contributed by atoms with Crippen molar-refractivity contribution < 1.29 is 19.8 Å². The molecule has 0 aromatic rings. The number of carboxylic acid groups (broad SMARTS) is 2. The van der Waals surface area contributed by atoms with E-state index in [1.165, 1.54) is 38.5 Å². The van der Waals surface area contributed by atoms with E-state index in [1.807, 2.05) is 0 Å². The van der Waals surface area contributed by atoms with Gasteiger partial charge >= 0.3 is 11.9 Å². The number of hydrogen-bond donors (Lipinski definition) is 2. The van der Waals surface area contributed by atoms with E-state index in [-0.39, 0.29) is 12.3 Å². The SMILES string of the molecule is CC1CCCCCCCCCCCCC(CC(=O)O)(C(=O)O)C1. The van der Waals surface area contributed by atoms with Crippen molar-refractivity contribution in [2.75, 3.05) is 0 Å². The fraction of sp³-hybridized carbons (Fsp3) is 0.895. The van der Waals surface area contributed by atoms with Gasteiger partial charge in [0.15, 0.2) is 0 Å². The lowest BCUT2D eigenvalue weighted by Gasteiger charge is -2.31. The van der Waals surface area contributed by atoms with Crippen LogP contribution in [-0.2, 0) is 9.59 Å². The molecule has 2 atom stereocenters. The van der Waals surface area contributed by atoms with Gasteiger partial charge in [0.1, 0.15) is 0 Å². The molecule has 1 fully saturated rings. The first-order valence-electron chi connectivity index (χ1n) is 9.41. The van der Waals surface area contributed by atoms with E-state index in [1.54, 1.807) is 0 Å². The van der Waals surface area contributed by atoms with Crippen LogP contribution < -0.4 is 0 Å². The standard InChI is InChI=1S/C19H34O4/c1-16-12-10-8-6-4-2-3-5-7-9-11-13-19(14-16,18(22)23)15-17(20)21/h16H,2-15H2,1H3,(H,20,21)(H,22,23). The van der Waals surface area contributed by atoms with Crippen LogP contribution in [0.15, 0.2) is 0 Å². The summed E-state index contributed by atoms with van der Waals surface area (Å²) in [6.45, 7) is 2.08. The molecule has 23 heavy (non-hydrogen) atoms. The van der Waals surface area contributed by atoms with Crippen molar-refractivity contribution in [3.8, 4) is 0 Å². The highest BCUT2D eigenvalue weighted by atomic mass is 16.4. The Kier molecular flexibility index (Phi) is 9.27. The van der Waals surface area contributed by atoms with Crippen LogP contribution in [0, 0.1) is 11.3 Å². The minimum Gasteiger partial charge on any atom is -0.481 e. The van der Waals surface area contributed by atoms with Crippen LogP contribution in [0.1, 0.15) is 96.8 Å². The maximum atomic E-state index is 11.9. The van der Waals surface area contributed by atoms with Gasteiger partial charge in [-0.2, -0.15) is 0 Å². The van der Waals surface area contributed by atoms with Crippen LogP contribution in [0.4, 0.5) is 0 Å². The van der Waals surface area contributed by atoms with Gasteiger partial charge in [-0.05, 0) is 18.8 Å². The van der Waals surface area contributed by atoms with Crippen LogP contribution in [0.25, 0.3) is 0 Å². The van der Waals surface area contributed by atoms with Crippen molar-refractivity contribution in [1.82, 2.24) is 0 Å². The molecule has 0 aromatic carbocycles. The Morgan fingerprint density at radius 2 is 1.35 bits per heavy atom. The molecule has 1 rings (SSSR count). The van der Waals surface area contributed by atoms with Crippen LogP contribution in [-0.4, -0.2) is 22.2 Å². The number of hydrogen-bond acceptors (Lipinski definition) is 2. The minimum absolute atomic E-state index is 0.243. The molecule has 0 heterocycles. The maximum Gasteiger partial charge on any atom is 0.310 e. The molecule has 0 bridgehead atoms. The first kappa shape index (κ1) is 20.0. The summed E-state index contributed by atoms with van der Waals surface area (Å²) >= 11 is 0. The first-order valence-corrected chi connectivity index (χ1v) is 9.41. The molecular formula is C19H34O4. The Balaban J connectivity index is 2.75. The quantitative estimate of drug-likeness (QED) is 0.742. The Hall–Kier alpha value is -1.06. The number of aliphatic carboxylic acids is 2. The van der Waals surface area contributed by atoms with E-state index in [2.05, 4.69) is 6.92 Å². The smallest absolute Gasteiger partial charge is 0.310 e. The molecule has 0 spiro atoms. The Bertz CT molecular complexity index is 366. The van der Waals surface area contributed by atoms with Crippen molar-refractivity contribution in [2.45, 2.75) is 96.8 Å². The summed E-state index contributed by atoms with van der Waals surface area (Å²) in [6, 6.07) is 0. The highest BCUT2D eigenvalue weighted by Gasteiger charge is 2.41. The van der Waals surface area contributed by atoms with Gasteiger partial charge < -0.3 is 10.2 Å². The topological polar surface area (TPSA) is 74.6 Å².